The minimum absolute atomic E-state index is 0.0595. The minimum atomic E-state index is 0.0595. The molecular formula is C13H20N6OS. The number of nitrogens with one attached hydrogen (secondary N) is 1. The van der Waals surface area contributed by atoms with Crippen LogP contribution < -0.4 is 5.32 Å². The number of aromatic nitrogens is 4. The van der Waals surface area contributed by atoms with Gasteiger partial charge in [-0.05, 0) is 26.2 Å². The molecule has 0 bridgehead atoms. The fourth-order valence-electron chi connectivity index (χ4n) is 2.57. The van der Waals surface area contributed by atoms with Crippen LogP contribution in [0.4, 0.5) is 4.79 Å². The lowest BCUT2D eigenvalue weighted by Crippen LogP contribution is -2.44. The van der Waals surface area contributed by atoms with E-state index in [4.69, 9.17) is 0 Å². The predicted octanol–water partition coefficient (Wildman–Crippen LogP) is 1.79. The molecule has 7 nitrogen and oxygen atoms in total. The quantitative estimate of drug-likeness (QED) is 0.938. The van der Waals surface area contributed by atoms with Gasteiger partial charge in [0.2, 0.25) is 4.96 Å². The molecule has 3 rings (SSSR count). The minimum Gasteiger partial charge on any atom is -0.338 e. The molecule has 2 aromatic rings. The van der Waals surface area contributed by atoms with Crippen molar-refractivity contribution in [3.63, 3.8) is 0 Å². The summed E-state index contributed by atoms with van der Waals surface area (Å²) in [6, 6.07) is 0.0595. The second kappa shape index (κ2) is 5.97. The van der Waals surface area contributed by atoms with E-state index < -0.39 is 0 Å². The molecule has 0 aliphatic carbocycles. The molecule has 3 heterocycles. The SMILES string of the molecule is CCCNC(=O)N1CCC(c2nn3c(C)nnc3s2)CC1. The zero-order valence-electron chi connectivity index (χ0n) is 12.4. The fourth-order valence-corrected chi connectivity index (χ4v) is 3.62. The molecule has 0 saturated carbocycles. The van der Waals surface area contributed by atoms with E-state index in [1.807, 2.05) is 11.8 Å². The molecule has 1 aliphatic rings. The molecule has 1 aliphatic heterocycles. The Morgan fingerprint density at radius 1 is 1.38 bits per heavy atom. The van der Waals surface area contributed by atoms with Gasteiger partial charge in [-0.15, -0.1) is 10.2 Å². The average Bonchev–Trinajstić information content (AvgIpc) is 3.07. The van der Waals surface area contributed by atoms with Gasteiger partial charge < -0.3 is 10.2 Å². The summed E-state index contributed by atoms with van der Waals surface area (Å²) in [5.41, 5.74) is 0. The highest BCUT2D eigenvalue weighted by atomic mass is 32.1. The number of piperidine rings is 1. The Hall–Kier alpha value is -1.70. The number of carbonyl (C=O) groups excluding carboxylic acids is 1. The van der Waals surface area contributed by atoms with Gasteiger partial charge in [0.15, 0.2) is 5.82 Å². The number of likely N-dealkylation sites (tertiary alicyclic amines) is 1. The van der Waals surface area contributed by atoms with Crippen LogP contribution in [-0.2, 0) is 0 Å². The second-order valence-corrected chi connectivity index (χ2v) is 6.36. The summed E-state index contributed by atoms with van der Waals surface area (Å²) in [5, 5.41) is 16.8. The first kappa shape index (κ1) is 14.2. The van der Waals surface area contributed by atoms with Crippen LogP contribution in [-0.4, -0.2) is 50.4 Å². The first-order chi connectivity index (χ1) is 10.2. The van der Waals surface area contributed by atoms with Gasteiger partial charge in [-0.25, -0.2) is 4.79 Å². The number of nitrogens with zero attached hydrogens (tertiary/aromatic N) is 5. The molecule has 21 heavy (non-hydrogen) atoms. The van der Waals surface area contributed by atoms with E-state index >= 15 is 0 Å². The van der Waals surface area contributed by atoms with Crippen LogP contribution in [0, 0.1) is 6.92 Å². The van der Waals surface area contributed by atoms with Crippen molar-refractivity contribution >= 4 is 22.3 Å². The van der Waals surface area contributed by atoms with Crippen LogP contribution >= 0.6 is 11.3 Å². The number of urea groups is 1. The van der Waals surface area contributed by atoms with Crippen molar-refractivity contribution in [2.24, 2.45) is 0 Å². The van der Waals surface area contributed by atoms with Gasteiger partial charge in [-0.2, -0.15) is 9.61 Å². The van der Waals surface area contributed by atoms with Gasteiger partial charge >= 0.3 is 6.03 Å². The van der Waals surface area contributed by atoms with Crippen molar-refractivity contribution < 1.29 is 4.79 Å². The highest BCUT2D eigenvalue weighted by molar-refractivity contribution is 7.16. The summed E-state index contributed by atoms with van der Waals surface area (Å²) in [4.78, 5) is 14.7. The largest absolute Gasteiger partial charge is 0.338 e. The monoisotopic (exact) mass is 308 g/mol. The zero-order valence-corrected chi connectivity index (χ0v) is 13.2. The van der Waals surface area contributed by atoms with E-state index in [0.717, 1.165) is 54.7 Å². The van der Waals surface area contributed by atoms with Crippen molar-refractivity contribution in [2.45, 2.75) is 39.0 Å². The van der Waals surface area contributed by atoms with Crippen LogP contribution in [0.2, 0.25) is 0 Å². The van der Waals surface area contributed by atoms with Gasteiger partial charge in [-0.1, -0.05) is 18.3 Å². The predicted molar refractivity (Wildman–Crippen MR) is 80.6 cm³/mol. The van der Waals surface area contributed by atoms with Crippen molar-refractivity contribution in [1.82, 2.24) is 30.0 Å². The Kier molecular flexibility index (Phi) is 4.05. The number of amides is 2. The third kappa shape index (κ3) is 2.85. The molecule has 0 spiro atoms. The lowest BCUT2D eigenvalue weighted by molar-refractivity contribution is 0.181. The van der Waals surface area contributed by atoms with Gasteiger partial charge in [0.05, 0.1) is 0 Å². The van der Waals surface area contributed by atoms with Crippen molar-refractivity contribution in [3.05, 3.63) is 10.8 Å². The molecule has 1 saturated heterocycles. The number of hydrogen-bond donors (Lipinski definition) is 1. The first-order valence-corrected chi connectivity index (χ1v) is 8.22. The van der Waals surface area contributed by atoms with E-state index in [9.17, 15) is 4.79 Å². The van der Waals surface area contributed by atoms with Crippen molar-refractivity contribution in [1.29, 1.82) is 0 Å². The van der Waals surface area contributed by atoms with Crippen LogP contribution in [0.3, 0.4) is 0 Å². The zero-order chi connectivity index (χ0) is 14.8. The lowest BCUT2D eigenvalue weighted by atomic mass is 9.98. The molecule has 0 aromatic carbocycles. The van der Waals surface area contributed by atoms with E-state index in [0.29, 0.717) is 5.92 Å². The summed E-state index contributed by atoms with van der Waals surface area (Å²) in [5.74, 6) is 1.25. The van der Waals surface area contributed by atoms with Crippen molar-refractivity contribution in [2.75, 3.05) is 19.6 Å². The molecule has 0 radical (unpaired) electrons. The molecule has 0 unspecified atom stereocenters. The molecule has 1 fully saturated rings. The molecule has 2 amide bonds. The number of rotatable bonds is 3. The highest BCUT2D eigenvalue weighted by Crippen LogP contribution is 2.31. The maximum atomic E-state index is 11.9. The summed E-state index contributed by atoms with van der Waals surface area (Å²) in [6.07, 6.45) is 2.89. The van der Waals surface area contributed by atoms with Crippen LogP contribution in [0.25, 0.3) is 4.96 Å². The van der Waals surface area contributed by atoms with E-state index in [-0.39, 0.29) is 6.03 Å². The third-order valence-electron chi connectivity index (χ3n) is 3.82. The topological polar surface area (TPSA) is 75.4 Å². The van der Waals surface area contributed by atoms with E-state index in [1.165, 1.54) is 0 Å². The Bertz CT molecular complexity index is 628. The molecular weight excluding hydrogens is 288 g/mol. The number of hydrogen-bond acceptors (Lipinski definition) is 5. The smallest absolute Gasteiger partial charge is 0.317 e. The fraction of sp³-hybridized carbons (Fsp3) is 0.692. The number of aryl methyl sites for hydroxylation is 1. The molecule has 2 aromatic heterocycles. The summed E-state index contributed by atoms with van der Waals surface area (Å²) >= 11 is 1.61. The maximum Gasteiger partial charge on any atom is 0.317 e. The van der Waals surface area contributed by atoms with Crippen molar-refractivity contribution in [3.8, 4) is 0 Å². The summed E-state index contributed by atoms with van der Waals surface area (Å²) < 4.78 is 1.81. The number of fused-ring (bicyclic) bond motifs is 1. The number of carbonyl (C=O) groups is 1. The Balaban J connectivity index is 1.61. The second-order valence-electron chi connectivity index (χ2n) is 5.38. The lowest BCUT2D eigenvalue weighted by Gasteiger charge is -2.30. The standard InChI is InChI=1S/C13H20N6OS/c1-3-6-14-12(20)18-7-4-10(5-8-18)11-17-19-9(2)15-16-13(19)21-11/h10H,3-8H2,1-2H3,(H,14,20). The van der Waals surface area contributed by atoms with Crippen LogP contribution in [0.15, 0.2) is 0 Å². The maximum absolute atomic E-state index is 11.9. The Labute approximate surface area is 127 Å². The molecule has 1 N–H and O–H groups in total. The Morgan fingerprint density at radius 2 is 2.14 bits per heavy atom. The third-order valence-corrected chi connectivity index (χ3v) is 4.88. The van der Waals surface area contributed by atoms with Gasteiger partial charge in [0.25, 0.3) is 0 Å². The van der Waals surface area contributed by atoms with E-state index in [1.54, 1.807) is 15.9 Å². The van der Waals surface area contributed by atoms with Gasteiger partial charge in [0.1, 0.15) is 5.01 Å². The van der Waals surface area contributed by atoms with Crippen LogP contribution in [0.5, 0.6) is 0 Å². The molecule has 8 heteroatoms. The van der Waals surface area contributed by atoms with Gasteiger partial charge in [-0.3, -0.25) is 0 Å². The summed E-state index contributed by atoms with van der Waals surface area (Å²) in [6.45, 7) is 6.29. The molecule has 114 valence electrons. The Morgan fingerprint density at radius 3 is 2.81 bits per heavy atom. The van der Waals surface area contributed by atoms with Gasteiger partial charge in [0, 0.05) is 25.6 Å². The normalized spacial score (nSPS) is 16.6. The van der Waals surface area contributed by atoms with Crippen LogP contribution in [0.1, 0.15) is 42.9 Å². The highest BCUT2D eigenvalue weighted by Gasteiger charge is 2.26. The first-order valence-electron chi connectivity index (χ1n) is 7.40. The average molecular weight is 308 g/mol. The van der Waals surface area contributed by atoms with E-state index in [2.05, 4.69) is 27.5 Å². The molecule has 0 atom stereocenters. The summed E-state index contributed by atoms with van der Waals surface area (Å²) in [7, 11) is 0.